The van der Waals surface area contributed by atoms with Crippen molar-refractivity contribution in [3.05, 3.63) is 0 Å². The smallest absolute Gasteiger partial charge is 0.247 e. The first-order valence-corrected chi connectivity index (χ1v) is 3.46. The van der Waals surface area contributed by atoms with E-state index in [9.17, 15) is 0 Å². The van der Waals surface area contributed by atoms with Crippen LogP contribution in [0.2, 0.25) is 0 Å². The predicted octanol–water partition coefficient (Wildman–Crippen LogP) is -0.490. The van der Waals surface area contributed by atoms with Crippen LogP contribution in [0.5, 0.6) is 0 Å². The highest BCUT2D eigenvalue weighted by molar-refractivity contribution is 7.42. The Morgan fingerprint density at radius 3 is 1.38 bits per heavy atom. The zero-order valence-corrected chi connectivity index (χ0v) is 5.97. The van der Waals surface area contributed by atoms with Crippen molar-refractivity contribution in [3.8, 4) is 0 Å². The summed E-state index contributed by atoms with van der Waals surface area (Å²) in [4.78, 5) is 14.9. The van der Waals surface area contributed by atoms with Crippen molar-refractivity contribution in [2.45, 2.75) is 19.9 Å². The van der Waals surface area contributed by atoms with Gasteiger partial charge in [0.15, 0.2) is 0 Å². The van der Waals surface area contributed by atoms with Crippen molar-refractivity contribution in [2.75, 3.05) is 0 Å². The van der Waals surface area contributed by atoms with Crippen LogP contribution in [0.15, 0.2) is 0 Å². The molecule has 0 bridgehead atoms. The van der Waals surface area contributed by atoms with E-state index in [-0.39, 0.29) is 0 Å². The fourth-order valence-electron chi connectivity index (χ4n) is 0. The molecule has 0 unspecified atom stereocenters. The summed E-state index contributed by atoms with van der Waals surface area (Å²) in [6.07, 6.45) is 0. The zero-order chi connectivity index (χ0) is 7.15. The molecule has 0 saturated carbocycles. The Morgan fingerprint density at radius 2 is 1.38 bits per heavy atom. The average molecular weight is 140 g/mol. The van der Waals surface area contributed by atoms with Gasteiger partial charge in [-0.05, 0) is 6.04 Å². The van der Waals surface area contributed by atoms with Gasteiger partial charge in [-0.1, -0.05) is 13.8 Å². The second-order valence-corrected chi connectivity index (χ2v) is 2.21. The monoisotopic (exact) mass is 140 g/mol. The molecule has 5 heteroatoms. The summed E-state index contributed by atoms with van der Waals surface area (Å²) >= 11 is 0. The maximum atomic E-state index is 7.45. The van der Waals surface area contributed by atoms with Gasteiger partial charge in [0.05, 0.1) is 0 Å². The molecule has 0 saturated heterocycles. The molecule has 0 aliphatic carbocycles. The van der Waals surface area contributed by atoms with E-state index in [2.05, 4.69) is 5.50 Å². The average Bonchev–Trinajstić information content (AvgIpc) is 1.25. The topological polar surface area (TPSA) is 92.5 Å². The van der Waals surface area contributed by atoms with Crippen LogP contribution in [0.25, 0.3) is 0 Å². The van der Waals surface area contributed by atoms with Crippen molar-refractivity contribution in [2.24, 2.45) is 11.2 Å². The molecule has 0 rings (SSSR count). The fourth-order valence-corrected chi connectivity index (χ4v) is 0. The van der Waals surface area contributed by atoms with Crippen LogP contribution in [0, 0.1) is 0 Å². The summed E-state index contributed by atoms with van der Waals surface area (Å²) in [5.74, 6) is 0. The lowest BCUT2D eigenvalue weighted by molar-refractivity contribution is 0.485. The number of nitrogens with two attached hydrogens (primary N) is 2. The Kier molecular flexibility index (Phi) is 10.1. The molecule has 0 aromatic heterocycles. The van der Waals surface area contributed by atoms with Crippen LogP contribution in [0.3, 0.4) is 0 Å². The molecule has 0 fully saturated rings. The summed E-state index contributed by atoms with van der Waals surface area (Å²) in [5.41, 5.74) is 9.40. The molecule has 4 nitrogen and oxygen atoms in total. The van der Waals surface area contributed by atoms with Gasteiger partial charge < -0.3 is 15.5 Å². The predicted molar refractivity (Wildman–Crippen MR) is 34.9 cm³/mol. The van der Waals surface area contributed by atoms with Gasteiger partial charge in [0, 0.05) is 0 Å². The van der Waals surface area contributed by atoms with E-state index in [4.69, 9.17) is 15.5 Å². The number of hydrogen-bond acceptors (Lipinski definition) is 4. The largest absolute Gasteiger partial charge is 0.338 e. The van der Waals surface area contributed by atoms with Gasteiger partial charge in [-0.2, -0.15) is 0 Å². The molecule has 8 heavy (non-hydrogen) atoms. The van der Waals surface area contributed by atoms with Crippen LogP contribution >= 0.6 is 8.53 Å². The first kappa shape index (κ1) is 11.1. The molecule has 52 valence electrons. The van der Waals surface area contributed by atoms with Gasteiger partial charge in [0.2, 0.25) is 8.53 Å². The molecule has 0 spiro atoms. The lowest BCUT2D eigenvalue weighted by atomic mass is 10.5. The quantitative estimate of drug-likeness (QED) is 0.341. The van der Waals surface area contributed by atoms with E-state index in [1.165, 1.54) is 0 Å². The Balaban J connectivity index is 0. The van der Waals surface area contributed by atoms with Crippen LogP contribution in [0.4, 0.5) is 0 Å². The van der Waals surface area contributed by atoms with Gasteiger partial charge in [-0.15, -0.1) is 0 Å². The molecule has 0 aromatic rings. The second kappa shape index (κ2) is 7.27. The highest BCUT2D eigenvalue weighted by Gasteiger charge is 1.72. The lowest BCUT2D eigenvalue weighted by Crippen LogP contribution is -2.06. The zero-order valence-electron chi connectivity index (χ0n) is 5.07. The Labute approximate surface area is 50.5 Å². The minimum atomic E-state index is -2.12. The number of hydrogen-bond donors (Lipinski definition) is 4. The summed E-state index contributed by atoms with van der Waals surface area (Å²) < 4.78 is 0. The highest BCUT2D eigenvalue weighted by atomic mass is 31.2. The second-order valence-electron chi connectivity index (χ2n) is 1.56. The van der Waals surface area contributed by atoms with Crippen molar-refractivity contribution in [1.82, 2.24) is 0 Å². The minimum absolute atomic E-state index is 0.333. The number of rotatable bonds is 0. The fraction of sp³-hybridized carbons (Fsp3) is 1.00. The summed E-state index contributed by atoms with van der Waals surface area (Å²) in [6.45, 7) is 3.89. The van der Waals surface area contributed by atoms with E-state index in [1.54, 1.807) is 0 Å². The van der Waals surface area contributed by atoms with Crippen LogP contribution < -0.4 is 11.2 Å². The van der Waals surface area contributed by atoms with Crippen LogP contribution in [0.1, 0.15) is 13.8 Å². The van der Waals surface area contributed by atoms with Gasteiger partial charge >= 0.3 is 0 Å². The molecular formula is C3H13N2O2P. The SMILES string of the molecule is CC(C)N.NP(O)O. The third-order valence-corrected chi connectivity index (χ3v) is 0. The Bertz CT molecular complexity index is 30.8. The molecule has 0 aliphatic rings. The van der Waals surface area contributed by atoms with E-state index < -0.39 is 8.53 Å². The molecule has 0 aliphatic heterocycles. The van der Waals surface area contributed by atoms with E-state index in [0.717, 1.165) is 0 Å². The third kappa shape index (κ3) is 2390. The normalized spacial score (nSPS) is 9.00. The standard InChI is InChI=1S/C3H9N.H4NO2P/c1-3(2)4;1-4(2)3/h3H,4H2,1-2H3;2-3H,1H2. The first-order chi connectivity index (χ1) is 3.46. The van der Waals surface area contributed by atoms with Gasteiger partial charge in [-0.25, -0.2) is 0 Å². The molecule has 0 radical (unpaired) electrons. The van der Waals surface area contributed by atoms with E-state index in [0.29, 0.717) is 6.04 Å². The van der Waals surface area contributed by atoms with Crippen molar-refractivity contribution in [1.29, 1.82) is 0 Å². The molecular weight excluding hydrogens is 127 g/mol. The van der Waals surface area contributed by atoms with Gasteiger partial charge in [0.25, 0.3) is 0 Å². The summed E-state index contributed by atoms with van der Waals surface area (Å²) in [6, 6.07) is 0.333. The van der Waals surface area contributed by atoms with Crippen LogP contribution in [-0.2, 0) is 0 Å². The van der Waals surface area contributed by atoms with Crippen LogP contribution in [-0.4, -0.2) is 15.8 Å². The van der Waals surface area contributed by atoms with Crippen molar-refractivity contribution >= 4 is 8.53 Å². The molecule has 0 heterocycles. The van der Waals surface area contributed by atoms with Gasteiger partial charge in [-0.3, -0.25) is 5.50 Å². The maximum Gasteiger partial charge on any atom is 0.247 e. The molecule has 0 amide bonds. The first-order valence-electron chi connectivity index (χ1n) is 2.15. The van der Waals surface area contributed by atoms with E-state index in [1.807, 2.05) is 13.8 Å². The molecule has 0 aromatic carbocycles. The minimum Gasteiger partial charge on any atom is -0.338 e. The highest BCUT2D eigenvalue weighted by Crippen LogP contribution is 2.05. The van der Waals surface area contributed by atoms with E-state index >= 15 is 0 Å². The Hall–Kier alpha value is 0.270. The summed E-state index contributed by atoms with van der Waals surface area (Å²) in [7, 11) is -2.12. The Morgan fingerprint density at radius 1 is 1.38 bits per heavy atom. The van der Waals surface area contributed by atoms with Crippen molar-refractivity contribution < 1.29 is 9.79 Å². The summed E-state index contributed by atoms with van der Waals surface area (Å²) in [5, 5.41) is 0. The molecule has 6 N–H and O–H groups in total. The third-order valence-electron chi connectivity index (χ3n) is 0. The molecule has 0 atom stereocenters. The maximum absolute atomic E-state index is 7.45. The lowest BCUT2D eigenvalue weighted by Gasteiger charge is -1.81. The van der Waals surface area contributed by atoms with Gasteiger partial charge in [0.1, 0.15) is 0 Å². The van der Waals surface area contributed by atoms with Crippen molar-refractivity contribution in [3.63, 3.8) is 0 Å².